The number of nitrogens with zero attached hydrogens (tertiary/aromatic N) is 3. The molecule has 6 nitrogen and oxygen atoms in total. The normalized spacial score (nSPS) is 19.9. The highest BCUT2D eigenvalue weighted by Crippen LogP contribution is 2.37. The van der Waals surface area contributed by atoms with Crippen molar-refractivity contribution >= 4 is 62.0 Å². The largest absolute Gasteiger partial charge is 0.378 e. The molecule has 0 aliphatic carbocycles. The lowest BCUT2D eigenvalue weighted by molar-refractivity contribution is -0.126. The molecule has 2 aliphatic heterocycles. The Bertz CT molecular complexity index is 1030. The van der Waals surface area contributed by atoms with Gasteiger partial charge in [0.1, 0.15) is 6.04 Å². The summed E-state index contributed by atoms with van der Waals surface area (Å²) in [5.41, 5.74) is 6.73. The second kappa shape index (κ2) is 9.68. The Balaban J connectivity index is 1.56. The fraction of sp³-hybridized carbons (Fsp3) is 0.318. The van der Waals surface area contributed by atoms with Crippen molar-refractivity contribution in [2.24, 2.45) is 5.10 Å². The molecule has 31 heavy (non-hydrogen) atoms. The van der Waals surface area contributed by atoms with E-state index in [4.69, 9.17) is 0 Å². The first-order valence-electron chi connectivity index (χ1n) is 9.89. The van der Waals surface area contributed by atoms with Gasteiger partial charge < -0.3 is 4.90 Å². The second-order valence-electron chi connectivity index (χ2n) is 7.70. The quantitative estimate of drug-likeness (QED) is 0.461. The Morgan fingerprint density at radius 3 is 2.77 bits per heavy atom. The number of anilines is 1. The molecule has 0 radical (unpaired) electrons. The van der Waals surface area contributed by atoms with E-state index in [9.17, 15) is 9.59 Å². The van der Waals surface area contributed by atoms with Gasteiger partial charge in [0.15, 0.2) is 0 Å². The molecule has 2 aliphatic rings. The molecule has 1 aromatic carbocycles. The molecule has 3 heterocycles. The number of nitrogens with one attached hydrogen (secondary N) is 1. The van der Waals surface area contributed by atoms with Crippen molar-refractivity contribution < 1.29 is 9.59 Å². The molecule has 162 valence electrons. The Morgan fingerprint density at radius 1 is 1.32 bits per heavy atom. The van der Waals surface area contributed by atoms with E-state index in [-0.39, 0.29) is 16.3 Å². The van der Waals surface area contributed by atoms with Gasteiger partial charge in [0.2, 0.25) is 5.12 Å². The first-order chi connectivity index (χ1) is 14.9. The number of hydrogen-bond donors (Lipinski definition) is 1. The van der Waals surface area contributed by atoms with Gasteiger partial charge in [-0.3, -0.25) is 14.5 Å². The third-order valence-corrected chi connectivity index (χ3v) is 8.32. The van der Waals surface area contributed by atoms with Gasteiger partial charge in [-0.2, -0.15) is 16.4 Å². The Morgan fingerprint density at radius 2 is 2.10 bits per heavy atom. The third kappa shape index (κ3) is 5.11. The van der Waals surface area contributed by atoms with E-state index in [1.807, 2.05) is 54.0 Å². The molecule has 2 aromatic rings. The first-order valence-corrected chi connectivity index (χ1v) is 12.5. The number of fused-ring (bicyclic) bond motifs is 1. The van der Waals surface area contributed by atoms with Crippen molar-refractivity contribution in [2.75, 3.05) is 32.1 Å². The minimum atomic E-state index is -0.484. The van der Waals surface area contributed by atoms with Crippen LogP contribution in [-0.2, 0) is 9.59 Å². The molecule has 0 saturated carbocycles. The zero-order chi connectivity index (χ0) is 22.0. The molecule has 2 unspecified atom stereocenters. The average molecular weight is 519 g/mol. The molecular formula is C22H23BrN4O2S2. The maximum atomic E-state index is 13.3. The van der Waals surface area contributed by atoms with E-state index < -0.39 is 6.04 Å². The summed E-state index contributed by atoms with van der Waals surface area (Å²) in [7, 11) is 3.98. The van der Waals surface area contributed by atoms with E-state index in [2.05, 4.69) is 31.4 Å². The van der Waals surface area contributed by atoms with Crippen LogP contribution >= 0.6 is 39.0 Å². The summed E-state index contributed by atoms with van der Waals surface area (Å²) in [5, 5.41) is 8.48. The average Bonchev–Trinajstić information content (AvgIpc) is 3.32. The van der Waals surface area contributed by atoms with Crippen LogP contribution in [0.5, 0.6) is 0 Å². The number of hydrogen-bond acceptors (Lipinski definition) is 7. The number of carbonyl (C=O) groups excluding carboxylic acids is 2. The van der Waals surface area contributed by atoms with Crippen LogP contribution in [0, 0.1) is 0 Å². The van der Waals surface area contributed by atoms with E-state index in [1.54, 1.807) is 23.6 Å². The highest BCUT2D eigenvalue weighted by Gasteiger charge is 2.36. The molecule has 2 atom stereocenters. The van der Waals surface area contributed by atoms with Crippen molar-refractivity contribution in [3.8, 4) is 0 Å². The molecule has 1 aromatic heterocycles. The highest BCUT2D eigenvalue weighted by atomic mass is 79.9. The minimum Gasteiger partial charge on any atom is -0.378 e. The lowest BCUT2D eigenvalue weighted by Gasteiger charge is -2.36. The number of carbonyl (C=O) groups is 2. The molecule has 1 N–H and O–H groups in total. The predicted octanol–water partition coefficient (Wildman–Crippen LogP) is 4.04. The number of amides is 1. The van der Waals surface area contributed by atoms with E-state index >= 15 is 0 Å². The number of benzene rings is 1. The summed E-state index contributed by atoms with van der Waals surface area (Å²) in [6.07, 6.45) is 4.23. The number of thiophene rings is 1. The summed E-state index contributed by atoms with van der Waals surface area (Å²) in [4.78, 5) is 29.3. The van der Waals surface area contributed by atoms with Crippen molar-refractivity contribution in [2.45, 2.75) is 17.7 Å². The first kappa shape index (κ1) is 22.3. The van der Waals surface area contributed by atoms with Gasteiger partial charge in [0.25, 0.3) is 5.91 Å². The molecule has 9 heteroatoms. The number of halogens is 1. The van der Waals surface area contributed by atoms with Crippen LogP contribution in [0.3, 0.4) is 0 Å². The summed E-state index contributed by atoms with van der Waals surface area (Å²) in [6.45, 7) is 1.35. The minimum absolute atomic E-state index is 0.115. The number of thioether (sulfide) groups is 1. The standard InChI is InChI=1S/C22H23BrN4O2S2/c1-26(2)17-5-3-14(4-6-17)21(22(29)25-24-10-16-12-30-13-18(16)23)27-8-7-19-15(11-27)9-20(28)31-19/h3-6,9-10,12-13,19,21H,7-8,11H2,1-2H3,(H,25,29)/b24-10+. The number of piperidine rings is 1. The van der Waals surface area contributed by atoms with Crippen molar-refractivity contribution in [1.29, 1.82) is 0 Å². The molecule has 1 saturated heterocycles. The Labute approximate surface area is 198 Å². The Hall–Kier alpha value is -1.94. The van der Waals surface area contributed by atoms with Crippen LogP contribution in [0.15, 0.2) is 56.2 Å². The summed E-state index contributed by atoms with van der Waals surface area (Å²) < 4.78 is 0.948. The van der Waals surface area contributed by atoms with Gasteiger partial charge in [0.05, 0.1) is 6.21 Å². The molecular weight excluding hydrogens is 496 g/mol. The van der Waals surface area contributed by atoms with Crippen LogP contribution in [-0.4, -0.2) is 54.6 Å². The molecule has 1 fully saturated rings. The Kier molecular flexibility index (Phi) is 6.95. The second-order valence-corrected chi connectivity index (χ2v) is 10.5. The number of hydrazone groups is 1. The van der Waals surface area contributed by atoms with Gasteiger partial charge in [0, 0.05) is 58.9 Å². The molecule has 0 spiro atoms. The zero-order valence-corrected chi connectivity index (χ0v) is 20.5. The number of rotatable bonds is 6. The topological polar surface area (TPSA) is 65.0 Å². The fourth-order valence-electron chi connectivity index (χ4n) is 3.80. The van der Waals surface area contributed by atoms with Crippen LogP contribution in [0.25, 0.3) is 0 Å². The van der Waals surface area contributed by atoms with Crippen molar-refractivity contribution in [3.63, 3.8) is 0 Å². The van der Waals surface area contributed by atoms with Crippen LogP contribution in [0.1, 0.15) is 23.6 Å². The van der Waals surface area contributed by atoms with Crippen LogP contribution in [0.4, 0.5) is 5.69 Å². The monoisotopic (exact) mass is 518 g/mol. The molecule has 4 rings (SSSR count). The summed E-state index contributed by atoms with van der Waals surface area (Å²) >= 11 is 6.43. The van der Waals surface area contributed by atoms with Crippen molar-refractivity contribution in [3.05, 3.63) is 62.3 Å². The van der Waals surface area contributed by atoms with E-state index in [0.29, 0.717) is 6.54 Å². The van der Waals surface area contributed by atoms with Crippen LogP contribution in [0.2, 0.25) is 0 Å². The molecule has 0 bridgehead atoms. The summed E-state index contributed by atoms with van der Waals surface area (Å²) in [6, 6.07) is 7.54. The number of likely N-dealkylation sites (tertiary alicyclic amines) is 1. The third-order valence-electron chi connectivity index (χ3n) is 5.40. The zero-order valence-electron chi connectivity index (χ0n) is 17.2. The van der Waals surface area contributed by atoms with Gasteiger partial charge in [-0.1, -0.05) is 23.9 Å². The molecule has 1 amide bonds. The lowest BCUT2D eigenvalue weighted by Crippen LogP contribution is -2.44. The smallest absolute Gasteiger partial charge is 0.262 e. The van der Waals surface area contributed by atoms with Crippen LogP contribution < -0.4 is 10.3 Å². The summed E-state index contributed by atoms with van der Waals surface area (Å²) in [5.74, 6) is -0.184. The van der Waals surface area contributed by atoms with E-state index in [1.165, 1.54) is 11.8 Å². The van der Waals surface area contributed by atoms with Crippen molar-refractivity contribution in [1.82, 2.24) is 10.3 Å². The fourth-order valence-corrected chi connectivity index (χ4v) is 6.16. The maximum Gasteiger partial charge on any atom is 0.262 e. The van der Waals surface area contributed by atoms with Gasteiger partial charge in [-0.25, -0.2) is 5.43 Å². The van der Waals surface area contributed by atoms with E-state index in [0.717, 1.165) is 39.8 Å². The van der Waals surface area contributed by atoms with Gasteiger partial charge in [-0.05, 0) is 51.7 Å². The maximum absolute atomic E-state index is 13.3. The van der Waals surface area contributed by atoms with Gasteiger partial charge >= 0.3 is 0 Å². The predicted molar refractivity (Wildman–Crippen MR) is 132 cm³/mol. The lowest BCUT2D eigenvalue weighted by atomic mass is 9.98. The highest BCUT2D eigenvalue weighted by molar-refractivity contribution is 9.10. The van der Waals surface area contributed by atoms with Gasteiger partial charge in [-0.15, -0.1) is 0 Å². The SMILES string of the molecule is CN(C)c1ccc(C(C(=O)N/N=C/c2cscc2Br)N2CCC3SC(=O)C=C3C2)cc1.